The highest BCUT2D eigenvalue weighted by Gasteiger charge is 2.27. The van der Waals surface area contributed by atoms with Crippen molar-refractivity contribution >= 4 is 23.5 Å². The molecule has 1 aliphatic rings. The number of amides is 2. The second-order valence-electron chi connectivity index (χ2n) is 8.60. The topological polar surface area (TPSA) is 92.1 Å². The Bertz CT molecular complexity index is 1170. The molecule has 1 aliphatic heterocycles. The summed E-state index contributed by atoms with van der Waals surface area (Å²) < 4.78 is 10.6. The number of piperazine rings is 1. The van der Waals surface area contributed by atoms with Gasteiger partial charge in [-0.25, -0.2) is 4.79 Å². The van der Waals surface area contributed by atoms with Gasteiger partial charge < -0.3 is 19.4 Å². The van der Waals surface area contributed by atoms with Crippen LogP contribution in [0.4, 0.5) is 5.69 Å². The van der Waals surface area contributed by atoms with Gasteiger partial charge in [-0.3, -0.25) is 14.5 Å². The molecule has 1 aromatic heterocycles. The van der Waals surface area contributed by atoms with Crippen molar-refractivity contribution < 1.29 is 23.5 Å². The molecule has 8 heteroatoms. The van der Waals surface area contributed by atoms with Gasteiger partial charge >= 0.3 is 5.97 Å². The molecule has 0 radical (unpaired) electrons. The minimum absolute atomic E-state index is 0.167. The lowest BCUT2D eigenvalue weighted by atomic mass is 10.1. The van der Waals surface area contributed by atoms with E-state index in [9.17, 15) is 14.4 Å². The molecule has 0 aliphatic carbocycles. The molecule has 1 saturated heterocycles. The summed E-state index contributed by atoms with van der Waals surface area (Å²) >= 11 is 0. The molecule has 3 aromatic rings. The van der Waals surface area contributed by atoms with E-state index in [1.54, 1.807) is 36.1 Å². The number of carbonyl (C=O) groups excluding carboxylic acids is 3. The normalized spacial score (nSPS) is 14.9. The van der Waals surface area contributed by atoms with Gasteiger partial charge in [-0.15, -0.1) is 0 Å². The van der Waals surface area contributed by atoms with E-state index in [0.717, 1.165) is 25.2 Å². The number of hydrogen-bond donors (Lipinski definition) is 1. The first-order chi connectivity index (χ1) is 16.9. The molecule has 4 rings (SSSR count). The maximum atomic E-state index is 12.9. The Hall–Kier alpha value is -3.91. The Morgan fingerprint density at radius 1 is 1.00 bits per heavy atom. The standard InChI is InChI=1S/C27H29N3O5/c1-19-10-11-22(17-23(19)28-25(31)24-9-6-16-34-24)27(33)35-20(2)26(32)30-14-12-29(13-15-30)18-21-7-4-3-5-8-21/h3-11,16-17,20H,12-15,18H2,1-2H3,(H,28,31). The maximum Gasteiger partial charge on any atom is 0.338 e. The van der Waals surface area contributed by atoms with Gasteiger partial charge in [-0.1, -0.05) is 36.4 Å². The Morgan fingerprint density at radius 3 is 2.43 bits per heavy atom. The molecule has 1 fully saturated rings. The van der Waals surface area contributed by atoms with Gasteiger partial charge in [0.1, 0.15) is 0 Å². The first-order valence-electron chi connectivity index (χ1n) is 11.6. The third-order valence-electron chi connectivity index (χ3n) is 6.03. The molecule has 0 saturated carbocycles. The van der Waals surface area contributed by atoms with Gasteiger partial charge in [0.2, 0.25) is 0 Å². The van der Waals surface area contributed by atoms with E-state index in [0.29, 0.717) is 18.8 Å². The van der Waals surface area contributed by atoms with Gasteiger partial charge in [0, 0.05) is 38.4 Å². The largest absolute Gasteiger partial charge is 0.459 e. The van der Waals surface area contributed by atoms with Crippen molar-refractivity contribution in [3.63, 3.8) is 0 Å². The molecule has 1 unspecified atom stereocenters. The Labute approximate surface area is 204 Å². The van der Waals surface area contributed by atoms with Crippen LogP contribution in [-0.2, 0) is 16.1 Å². The maximum absolute atomic E-state index is 12.9. The van der Waals surface area contributed by atoms with Crippen molar-refractivity contribution in [2.24, 2.45) is 0 Å². The summed E-state index contributed by atoms with van der Waals surface area (Å²) in [6.07, 6.45) is 0.502. The number of ether oxygens (including phenoxy) is 1. The van der Waals surface area contributed by atoms with Gasteiger partial charge in [-0.05, 0) is 49.2 Å². The molecule has 1 atom stereocenters. The summed E-state index contributed by atoms with van der Waals surface area (Å²) in [5, 5.41) is 2.74. The second kappa shape index (κ2) is 11.0. The Balaban J connectivity index is 1.31. The molecule has 2 amide bonds. The van der Waals surface area contributed by atoms with Crippen LogP contribution in [0.15, 0.2) is 71.3 Å². The van der Waals surface area contributed by atoms with Gasteiger partial charge in [0.25, 0.3) is 11.8 Å². The average molecular weight is 476 g/mol. The van der Waals surface area contributed by atoms with Crippen molar-refractivity contribution in [3.8, 4) is 0 Å². The van der Waals surface area contributed by atoms with Crippen molar-refractivity contribution in [2.75, 3.05) is 31.5 Å². The predicted molar refractivity (Wildman–Crippen MR) is 131 cm³/mol. The number of hydrogen-bond acceptors (Lipinski definition) is 6. The highest BCUT2D eigenvalue weighted by atomic mass is 16.5. The summed E-state index contributed by atoms with van der Waals surface area (Å²) in [6.45, 7) is 6.94. The predicted octanol–water partition coefficient (Wildman–Crippen LogP) is 3.73. The Kier molecular flexibility index (Phi) is 7.62. The van der Waals surface area contributed by atoms with Crippen LogP contribution in [0.3, 0.4) is 0 Å². The molecule has 8 nitrogen and oxygen atoms in total. The third kappa shape index (κ3) is 6.16. The number of nitrogens with zero attached hydrogens (tertiary/aromatic N) is 2. The lowest BCUT2D eigenvalue weighted by molar-refractivity contribution is -0.141. The molecule has 0 bridgehead atoms. The fraction of sp³-hybridized carbons (Fsp3) is 0.296. The van der Waals surface area contributed by atoms with E-state index in [1.165, 1.54) is 17.9 Å². The number of nitrogens with one attached hydrogen (secondary N) is 1. The third-order valence-corrected chi connectivity index (χ3v) is 6.03. The van der Waals surface area contributed by atoms with Crippen LogP contribution in [0.5, 0.6) is 0 Å². The molecule has 182 valence electrons. The van der Waals surface area contributed by atoms with Crippen LogP contribution in [0.25, 0.3) is 0 Å². The Morgan fingerprint density at radius 2 is 1.74 bits per heavy atom. The number of benzene rings is 2. The van der Waals surface area contributed by atoms with Crippen LogP contribution in [-0.4, -0.2) is 59.9 Å². The molecular formula is C27H29N3O5. The van der Waals surface area contributed by atoms with Gasteiger partial charge in [0.05, 0.1) is 11.8 Å². The van der Waals surface area contributed by atoms with E-state index in [4.69, 9.17) is 9.15 Å². The minimum Gasteiger partial charge on any atom is -0.459 e. The van der Waals surface area contributed by atoms with Gasteiger partial charge in [-0.2, -0.15) is 0 Å². The summed E-state index contributed by atoms with van der Waals surface area (Å²) in [6, 6.07) is 18.3. The number of carbonyl (C=O) groups is 3. The number of anilines is 1. The first kappa shape index (κ1) is 24.2. The molecule has 2 heterocycles. The zero-order valence-corrected chi connectivity index (χ0v) is 19.9. The number of aryl methyl sites for hydroxylation is 1. The fourth-order valence-corrected chi connectivity index (χ4v) is 3.98. The van der Waals surface area contributed by atoms with Crippen LogP contribution in [0.1, 0.15) is 39.0 Å². The summed E-state index contributed by atoms with van der Waals surface area (Å²) in [4.78, 5) is 42.0. The van der Waals surface area contributed by atoms with E-state index >= 15 is 0 Å². The van der Waals surface area contributed by atoms with Crippen LogP contribution < -0.4 is 5.32 Å². The zero-order valence-electron chi connectivity index (χ0n) is 19.9. The first-order valence-corrected chi connectivity index (χ1v) is 11.6. The number of furan rings is 1. The zero-order chi connectivity index (χ0) is 24.8. The summed E-state index contributed by atoms with van der Waals surface area (Å²) in [7, 11) is 0. The molecule has 2 aromatic carbocycles. The number of esters is 1. The fourth-order valence-electron chi connectivity index (χ4n) is 3.98. The lowest BCUT2D eigenvalue weighted by Gasteiger charge is -2.35. The van der Waals surface area contributed by atoms with Crippen molar-refractivity contribution in [2.45, 2.75) is 26.5 Å². The molecule has 1 N–H and O–H groups in total. The highest BCUT2D eigenvalue weighted by Crippen LogP contribution is 2.20. The smallest absolute Gasteiger partial charge is 0.338 e. The minimum atomic E-state index is -0.911. The molecule has 35 heavy (non-hydrogen) atoms. The van der Waals surface area contributed by atoms with E-state index in [1.807, 2.05) is 25.1 Å². The summed E-state index contributed by atoms with van der Waals surface area (Å²) in [5.41, 5.74) is 2.73. The monoisotopic (exact) mass is 475 g/mol. The molecular weight excluding hydrogens is 446 g/mol. The van der Waals surface area contributed by atoms with E-state index in [-0.39, 0.29) is 17.2 Å². The van der Waals surface area contributed by atoms with Crippen molar-refractivity contribution in [3.05, 3.63) is 89.4 Å². The van der Waals surface area contributed by atoms with Crippen LogP contribution in [0.2, 0.25) is 0 Å². The van der Waals surface area contributed by atoms with E-state index < -0.39 is 18.0 Å². The lowest BCUT2D eigenvalue weighted by Crippen LogP contribution is -2.51. The van der Waals surface area contributed by atoms with Gasteiger partial charge in [0.15, 0.2) is 11.9 Å². The average Bonchev–Trinajstić information content (AvgIpc) is 3.41. The number of rotatable bonds is 7. The second-order valence-corrected chi connectivity index (χ2v) is 8.60. The van der Waals surface area contributed by atoms with Crippen LogP contribution >= 0.6 is 0 Å². The van der Waals surface area contributed by atoms with Crippen molar-refractivity contribution in [1.29, 1.82) is 0 Å². The van der Waals surface area contributed by atoms with E-state index in [2.05, 4.69) is 22.3 Å². The molecule has 0 spiro atoms. The van der Waals surface area contributed by atoms with Crippen molar-refractivity contribution in [1.82, 2.24) is 9.80 Å². The SMILES string of the molecule is Cc1ccc(C(=O)OC(C)C(=O)N2CCN(Cc3ccccc3)CC2)cc1NC(=O)c1ccco1. The highest BCUT2D eigenvalue weighted by molar-refractivity contribution is 6.03. The van der Waals surface area contributed by atoms with Crippen LogP contribution in [0, 0.1) is 6.92 Å². The quantitative estimate of drug-likeness (QED) is 0.524. The summed E-state index contributed by atoms with van der Waals surface area (Å²) in [5.74, 6) is -1.09.